The molecule has 0 aliphatic carbocycles. The van der Waals surface area contributed by atoms with Crippen LogP contribution in [0.25, 0.3) is 0 Å². The molecule has 2 heterocycles. The molecule has 1 fully saturated rings. The Morgan fingerprint density at radius 3 is 2.59 bits per heavy atom. The summed E-state index contributed by atoms with van der Waals surface area (Å²) in [5.74, 6) is -1.23. The van der Waals surface area contributed by atoms with E-state index in [1.54, 1.807) is 13.8 Å². The van der Waals surface area contributed by atoms with E-state index in [1.807, 2.05) is 6.07 Å². The number of nitrogens with zero attached hydrogens (tertiary/aromatic N) is 2. The number of rotatable bonds is 6. The van der Waals surface area contributed by atoms with Gasteiger partial charge in [0.25, 0.3) is 5.91 Å². The lowest BCUT2D eigenvalue weighted by atomic mass is 10.2. The highest BCUT2D eigenvalue weighted by atomic mass is 35.5. The summed E-state index contributed by atoms with van der Waals surface area (Å²) in [4.78, 5) is 24.6. The molecule has 1 aromatic carbocycles. The lowest BCUT2D eigenvalue weighted by Crippen LogP contribution is -2.35. The van der Waals surface area contributed by atoms with Gasteiger partial charge in [-0.1, -0.05) is 18.0 Å². The van der Waals surface area contributed by atoms with Crippen LogP contribution >= 0.6 is 11.6 Å². The number of furan rings is 1. The first kappa shape index (κ1) is 23.8. The molecular weight excluding hydrogens is 458 g/mol. The van der Waals surface area contributed by atoms with Crippen LogP contribution in [0.1, 0.15) is 46.5 Å². The molecule has 9 nitrogen and oxygen atoms in total. The number of aryl methyl sites for hydroxylation is 1. The molecule has 170 valence electrons. The lowest BCUT2D eigenvalue weighted by molar-refractivity contribution is -0.119. The smallest absolute Gasteiger partial charge is 0.340 e. The van der Waals surface area contributed by atoms with Gasteiger partial charge < -0.3 is 9.15 Å². The lowest BCUT2D eigenvalue weighted by Gasteiger charge is -2.26. The van der Waals surface area contributed by atoms with Crippen LogP contribution in [0.4, 0.5) is 5.88 Å². The fourth-order valence-corrected chi connectivity index (χ4v) is 5.04. The van der Waals surface area contributed by atoms with Crippen LogP contribution in [0.2, 0.25) is 5.02 Å². The number of halogens is 1. The van der Waals surface area contributed by atoms with Gasteiger partial charge in [-0.05, 0) is 44.9 Å². The summed E-state index contributed by atoms with van der Waals surface area (Å²) in [5, 5.41) is 11.6. The average Bonchev–Trinajstić information content (AvgIpc) is 3.04. The average molecular weight is 480 g/mol. The topological polar surface area (TPSA) is 130 Å². The summed E-state index contributed by atoms with van der Waals surface area (Å²) < 4.78 is 37.4. The van der Waals surface area contributed by atoms with Gasteiger partial charge in [0.2, 0.25) is 15.9 Å². The van der Waals surface area contributed by atoms with Crippen LogP contribution in [0.15, 0.2) is 27.5 Å². The van der Waals surface area contributed by atoms with E-state index in [4.69, 9.17) is 20.8 Å². The number of hydrogen-bond acceptors (Lipinski definition) is 7. The number of nitriles is 1. The van der Waals surface area contributed by atoms with Gasteiger partial charge in [0.05, 0.1) is 15.5 Å². The molecule has 1 saturated heterocycles. The number of nitrogens with one attached hydrogen (secondary N) is 1. The molecule has 1 aromatic heterocycles. The second-order valence-corrected chi connectivity index (χ2v) is 9.68. The van der Waals surface area contributed by atoms with E-state index in [0.29, 0.717) is 24.4 Å². The van der Waals surface area contributed by atoms with Gasteiger partial charge in [0.15, 0.2) is 6.61 Å². The third-order valence-electron chi connectivity index (χ3n) is 5.19. The van der Waals surface area contributed by atoms with Crippen molar-refractivity contribution in [2.45, 2.75) is 38.0 Å². The molecule has 11 heteroatoms. The molecular formula is C21H22ClN3O6S. The molecule has 1 amide bonds. The number of ether oxygens (including phenoxy) is 1. The van der Waals surface area contributed by atoms with Crippen molar-refractivity contribution in [2.24, 2.45) is 0 Å². The second-order valence-electron chi connectivity index (χ2n) is 7.33. The highest BCUT2D eigenvalue weighted by Crippen LogP contribution is 2.27. The first-order valence-corrected chi connectivity index (χ1v) is 11.7. The molecule has 0 atom stereocenters. The molecule has 1 N–H and O–H groups in total. The Balaban J connectivity index is 1.70. The Morgan fingerprint density at radius 2 is 1.94 bits per heavy atom. The summed E-state index contributed by atoms with van der Waals surface area (Å²) in [7, 11) is -3.77. The Morgan fingerprint density at radius 1 is 1.25 bits per heavy atom. The molecule has 3 rings (SSSR count). The van der Waals surface area contributed by atoms with Crippen LogP contribution in [-0.4, -0.2) is 44.3 Å². The van der Waals surface area contributed by atoms with Crippen LogP contribution in [-0.2, 0) is 19.6 Å². The molecule has 1 aliphatic rings. The van der Waals surface area contributed by atoms with Gasteiger partial charge in [-0.2, -0.15) is 9.57 Å². The Kier molecular flexibility index (Phi) is 7.23. The SMILES string of the molecule is Cc1oc(NC(=O)COC(=O)c2cc(S(=O)(=O)N3CCCCC3)ccc2Cl)c(C#N)c1C. The number of amides is 1. The highest BCUT2D eigenvalue weighted by molar-refractivity contribution is 7.89. The largest absolute Gasteiger partial charge is 0.452 e. The van der Waals surface area contributed by atoms with Crippen LogP contribution < -0.4 is 5.32 Å². The molecule has 0 bridgehead atoms. The maximum absolute atomic E-state index is 12.9. The minimum absolute atomic E-state index is 0.00273. The molecule has 0 unspecified atom stereocenters. The second kappa shape index (κ2) is 9.73. The number of carbonyl (C=O) groups is 2. The van der Waals surface area contributed by atoms with Crippen LogP contribution in [0.5, 0.6) is 0 Å². The van der Waals surface area contributed by atoms with Gasteiger partial charge in [-0.25, -0.2) is 13.2 Å². The number of esters is 1. The van der Waals surface area contributed by atoms with Crippen molar-refractivity contribution in [3.05, 3.63) is 45.7 Å². The van der Waals surface area contributed by atoms with E-state index in [-0.39, 0.29) is 26.9 Å². The fraction of sp³-hybridized carbons (Fsp3) is 0.381. The van der Waals surface area contributed by atoms with Crippen molar-refractivity contribution in [3.8, 4) is 6.07 Å². The van der Waals surface area contributed by atoms with E-state index in [2.05, 4.69) is 5.32 Å². The Labute approximate surface area is 190 Å². The monoisotopic (exact) mass is 479 g/mol. The summed E-state index contributed by atoms with van der Waals surface area (Å²) in [6.07, 6.45) is 2.53. The third-order valence-corrected chi connectivity index (χ3v) is 7.42. The summed E-state index contributed by atoms with van der Waals surface area (Å²) in [5.41, 5.74) is 0.610. The molecule has 2 aromatic rings. The van der Waals surface area contributed by atoms with Crippen molar-refractivity contribution in [3.63, 3.8) is 0 Å². The van der Waals surface area contributed by atoms with E-state index in [9.17, 15) is 23.3 Å². The van der Waals surface area contributed by atoms with E-state index in [1.165, 1.54) is 16.4 Å². The van der Waals surface area contributed by atoms with E-state index in [0.717, 1.165) is 25.3 Å². The van der Waals surface area contributed by atoms with Gasteiger partial charge in [-0.3, -0.25) is 10.1 Å². The Bertz CT molecular complexity index is 1190. The minimum atomic E-state index is -3.77. The standard InChI is InChI=1S/C21H22ClN3O6S/c1-13-14(2)31-20(17(13)11-23)24-19(26)12-30-21(27)16-10-15(6-7-18(16)22)32(28,29)25-8-4-3-5-9-25/h6-7,10H,3-5,8-9,12H2,1-2H3,(H,24,26). The van der Waals surface area contributed by atoms with Gasteiger partial charge in [-0.15, -0.1) is 0 Å². The molecule has 1 aliphatic heterocycles. The number of hydrogen-bond donors (Lipinski definition) is 1. The zero-order chi connectivity index (χ0) is 23.5. The van der Waals surface area contributed by atoms with Crippen LogP contribution in [0.3, 0.4) is 0 Å². The zero-order valence-corrected chi connectivity index (χ0v) is 19.2. The first-order chi connectivity index (χ1) is 15.1. The molecule has 0 saturated carbocycles. The number of benzene rings is 1. The highest BCUT2D eigenvalue weighted by Gasteiger charge is 2.28. The van der Waals surface area contributed by atoms with E-state index >= 15 is 0 Å². The Hall–Kier alpha value is -2.87. The maximum atomic E-state index is 12.9. The van der Waals surface area contributed by atoms with Crippen LogP contribution in [0, 0.1) is 25.2 Å². The van der Waals surface area contributed by atoms with Gasteiger partial charge in [0.1, 0.15) is 17.4 Å². The predicted octanol–water partition coefficient (Wildman–Crippen LogP) is 3.39. The zero-order valence-electron chi connectivity index (χ0n) is 17.6. The number of sulfonamides is 1. The van der Waals surface area contributed by atoms with Crippen molar-refractivity contribution in [1.82, 2.24) is 4.31 Å². The summed E-state index contributed by atoms with van der Waals surface area (Å²) >= 11 is 6.07. The van der Waals surface area contributed by atoms with Crippen molar-refractivity contribution in [1.29, 1.82) is 5.26 Å². The van der Waals surface area contributed by atoms with Gasteiger partial charge in [0, 0.05) is 18.7 Å². The van der Waals surface area contributed by atoms with Crippen molar-refractivity contribution >= 4 is 39.4 Å². The number of anilines is 1. The van der Waals surface area contributed by atoms with Gasteiger partial charge >= 0.3 is 5.97 Å². The normalized spacial score (nSPS) is 14.6. The molecule has 0 radical (unpaired) electrons. The van der Waals surface area contributed by atoms with Crippen molar-refractivity contribution < 1.29 is 27.2 Å². The van der Waals surface area contributed by atoms with E-state index < -0.39 is 28.5 Å². The number of carbonyl (C=O) groups excluding carboxylic acids is 2. The molecule has 0 spiro atoms. The fourth-order valence-electron chi connectivity index (χ4n) is 3.30. The number of piperidine rings is 1. The maximum Gasteiger partial charge on any atom is 0.340 e. The third kappa shape index (κ3) is 4.96. The summed E-state index contributed by atoms with van der Waals surface area (Å²) in [6.45, 7) is 3.49. The summed E-state index contributed by atoms with van der Waals surface area (Å²) in [6, 6.07) is 5.74. The van der Waals surface area contributed by atoms with Crippen molar-refractivity contribution in [2.75, 3.05) is 25.0 Å². The predicted molar refractivity (Wildman–Crippen MR) is 116 cm³/mol. The molecule has 32 heavy (non-hydrogen) atoms. The first-order valence-electron chi connectivity index (χ1n) is 9.92. The minimum Gasteiger partial charge on any atom is -0.452 e. The quantitative estimate of drug-likeness (QED) is 0.628.